The van der Waals surface area contributed by atoms with Crippen LogP contribution in [-0.2, 0) is 0 Å². The van der Waals surface area contributed by atoms with E-state index in [9.17, 15) is 10.1 Å². The maximum Gasteiger partial charge on any atom is 0.234 e. The van der Waals surface area contributed by atoms with Crippen molar-refractivity contribution in [3.8, 4) is 0 Å². The quantitative estimate of drug-likeness (QED) is 0.549. The number of hydrogen-bond donors (Lipinski definition) is 1. The van der Waals surface area contributed by atoms with Crippen molar-refractivity contribution < 1.29 is 10.0 Å². The van der Waals surface area contributed by atoms with Gasteiger partial charge in [-0.1, -0.05) is 6.07 Å². The molecule has 1 atom stereocenters. The Bertz CT molecular complexity index is 234. The number of aliphatic hydroxyl groups excluding tert-OH is 1. The molecule has 0 aliphatic rings. The number of nitrogens with zero attached hydrogens (tertiary/aromatic N) is 1. The van der Waals surface area contributed by atoms with Crippen LogP contribution in [0.25, 0.3) is 0 Å². The van der Waals surface area contributed by atoms with Gasteiger partial charge in [-0.05, 0) is 11.4 Å². The summed E-state index contributed by atoms with van der Waals surface area (Å²) >= 11 is 1.32. The first kappa shape index (κ1) is 8.16. The standard InChI is InChI=1S/C6H7NO3S/c8-5(4-7(9)10)6-2-1-3-11-6/h1-3,5,8H,4H2. The number of aliphatic hydroxyl groups is 1. The average molecular weight is 173 g/mol. The van der Waals surface area contributed by atoms with Gasteiger partial charge < -0.3 is 5.11 Å². The topological polar surface area (TPSA) is 63.4 Å². The molecule has 0 amide bonds. The molecule has 0 aromatic carbocycles. The molecule has 0 aliphatic carbocycles. The zero-order valence-corrected chi connectivity index (χ0v) is 6.45. The summed E-state index contributed by atoms with van der Waals surface area (Å²) in [6, 6.07) is 3.43. The molecule has 0 radical (unpaired) electrons. The lowest BCUT2D eigenvalue weighted by atomic mass is 10.3. The van der Waals surface area contributed by atoms with E-state index in [2.05, 4.69) is 0 Å². The molecule has 1 N–H and O–H groups in total. The Morgan fingerprint density at radius 1 is 1.82 bits per heavy atom. The summed E-state index contributed by atoms with van der Waals surface area (Å²) in [6.45, 7) is -0.416. The van der Waals surface area contributed by atoms with Crippen molar-refractivity contribution in [2.45, 2.75) is 6.10 Å². The van der Waals surface area contributed by atoms with E-state index in [4.69, 9.17) is 5.11 Å². The van der Waals surface area contributed by atoms with Crippen LogP contribution in [0.2, 0.25) is 0 Å². The lowest BCUT2D eigenvalue weighted by Gasteiger charge is -2.00. The van der Waals surface area contributed by atoms with Crippen LogP contribution < -0.4 is 0 Å². The number of nitro groups is 1. The molecule has 5 heteroatoms. The van der Waals surface area contributed by atoms with Crippen molar-refractivity contribution in [1.82, 2.24) is 0 Å². The summed E-state index contributed by atoms with van der Waals surface area (Å²) in [5, 5.41) is 20.9. The van der Waals surface area contributed by atoms with Crippen molar-refractivity contribution in [3.63, 3.8) is 0 Å². The van der Waals surface area contributed by atoms with Crippen LogP contribution in [-0.4, -0.2) is 16.6 Å². The second-order valence-electron chi connectivity index (χ2n) is 2.05. The zero-order valence-electron chi connectivity index (χ0n) is 5.64. The van der Waals surface area contributed by atoms with Crippen molar-refractivity contribution >= 4 is 11.3 Å². The fourth-order valence-electron chi connectivity index (χ4n) is 0.712. The number of hydrogen-bond acceptors (Lipinski definition) is 4. The molecule has 0 saturated carbocycles. The third-order valence-corrected chi connectivity index (χ3v) is 2.17. The van der Waals surface area contributed by atoms with E-state index in [1.54, 1.807) is 17.5 Å². The molecule has 0 bridgehead atoms. The molecule has 1 heterocycles. The summed E-state index contributed by atoms with van der Waals surface area (Å²) < 4.78 is 0. The molecule has 0 spiro atoms. The van der Waals surface area contributed by atoms with Gasteiger partial charge in [-0.2, -0.15) is 0 Å². The number of rotatable bonds is 3. The third-order valence-electron chi connectivity index (χ3n) is 1.19. The van der Waals surface area contributed by atoms with E-state index in [0.717, 1.165) is 0 Å². The summed E-state index contributed by atoms with van der Waals surface area (Å²) in [7, 11) is 0. The van der Waals surface area contributed by atoms with Gasteiger partial charge in [0.1, 0.15) is 0 Å². The largest absolute Gasteiger partial charge is 0.381 e. The van der Waals surface area contributed by atoms with Gasteiger partial charge in [0, 0.05) is 9.80 Å². The minimum atomic E-state index is -0.954. The normalized spacial score (nSPS) is 12.8. The van der Waals surface area contributed by atoms with Crippen molar-refractivity contribution in [3.05, 3.63) is 32.5 Å². The maximum absolute atomic E-state index is 9.96. The highest BCUT2D eigenvalue weighted by molar-refractivity contribution is 7.10. The first-order valence-corrected chi connectivity index (χ1v) is 3.91. The fraction of sp³-hybridized carbons (Fsp3) is 0.333. The molecule has 0 fully saturated rings. The van der Waals surface area contributed by atoms with Crippen LogP contribution >= 0.6 is 11.3 Å². The van der Waals surface area contributed by atoms with E-state index in [-0.39, 0.29) is 0 Å². The van der Waals surface area contributed by atoms with E-state index >= 15 is 0 Å². The summed E-state index contributed by atoms with van der Waals surface area (Å²) in [4.78, 5) is 10.1. The molecule has 60 valence electrons. The minimum absolute atomic E-state index is 0.416. The van der Waals surface area contributed by atoms with Crippen LogP contribution in [0, 0.1) is 10.1 Å². The molecule has 1 aromatic rings. The molecular formula is C6H7NO3S. The first-order valence-electron chi connectivity index (χ1n) is 3.03. The van der Waals surface area contributed by atoms with Crippen LogP contribution in [0.5, 0.6) is 0 Å². The highest BCUT2D eigenvalue weighted by Gasteiger charge is 2.13. The molecule has 11 heavy (non-hydrogen) atoms. The van der Waals surface area contributed by atoms with Crippen LogP contribution in [0.1, 0.15) is 11.0 Å². The highest BCUT2D eigenvalue weighted by Crippen LogP contribution is 2.18. The molecule has 1 rings (SSSR count). The summed E-state index contributed by atoms with van der Waals surface area (Å²) in [5.74, 6) is 0. The smallest absolute Gasteiger partial charge is 0.234 e. The Morgan fingerprint density at radius 3 is 3.00 bits per heavy atom. The van der Waals surface area contributed by atoms with Gasteiger partial charge in [-0.15, -0.1) is 11.3 Å². The van der Waals surface area contributed by atoms with E-state index in [1.807, 2.05) is 0 Å². The van der Waals surface area contributed by atoms with Gasteiger partial charge >= 0.3 is 0 Å². The summed E-state index contributed by atoms with van der Waals surface area (Å²) in [6.07, 6.45) is -0.954. The Balaban J connectivity index is 2.56. The molecule has 0 aliphatic heterocycles. The zero-order chi connectivity index (χ0) is 8.27. The highest BCUT2D eigenvalue weighted by atomic mass is 32.1. The van der Waals surface area contributed by atoms with Gasteiger partial charge in [-0.3, -0.25) is 10.1 Å². The maximum atomic E-state index is 9.96. The second-order valence-corrected chi connectivity index (χ2v) is 3.03. The molecule has 4 nitrogen and oxygen atoms in total. The van der Waals surface area contributed by atoms with Crippen molar-refractivity contribution in [1.29, 1.82) is 0 Å². The van der Waals surface area contributed by atoms with E-state index < -0.39 is 17.6 Å². The Labute approximate surface area is 67.2 Å². The first-order chi connectivity index (χ1) is 5.20. The van der Waals surface area contributed by atoms with Gasteiger partial charge in [0.05, 0.1) is 0 Å². The summed E-state index contributed by atoms with van der Waals surface area (Å²) in [5.41, 5.74) is 0. The predicted octanol–water partition coefficient (Wildman–Crippen LogP) is 1.06. The van der Waals surface area contributed by atoms with Gasteiger partial charge in [0.15, 0.2) is 6.10 Å². The molecular weight excluding hydrogens is 166 g/mol. The Kier molecular flexibility index (Phi) is 2.56. The second kappa shape index (κ2) is 3.45. The monoisotopic (exact) mass is 173 g/mol. The lowest BCUT2D eigenvalue weighted by molar-refractivity contribution is -0.491. The van der Waals surface area contributed by atoms with E-state index in [0.29, 0.717) is 4.88 Å². The van der Waals surface area contributed by atoms with Crippen LogP contribution in [0.4, 0.5) is 0 Å². The van der Waals surface area contributed by atoms with Gasteiger partial charge in [-0.25, -0.2) is 0 Å². The Morgan fingerprint density at radius 2 is 2.55 bits per heavy atom. The van der Waals surface area contributed by atoms with Gasteiger partial charge in [0.2, 0.25) is 6.54 Å². The fourth-order valence-corrected chi connectivity index (χ4v) is 1.42. The van der Waals surface area contributed by atoms with Crippen LogP contribution in [0.3, 0.4) is 0 Å². The minimum Gasteiger partial charge on any atom is -0.381 e. The SMILES string of the molecule is O=[N+]([O-])CC(O)c1cccs1. The van der Waals surface area contributed by atoms with Gasteiger partial charge in [0.25, 0.3) is 0 Å². The Hall–Kier alpha value is -0.940. The predicted molar refractivity (Wildman–Crippen MR) is 41.1 cm³/mol. The van der Waals surface area contributed by atoms with Crippen molar-refractivity contribution in [2.24, 2.45) is 0 Å². The van der Waals surface area contributed by atoms with Crippen molar-refractivity contribution in [2.75, 3.05) is 6.54 Å². The lowest BCUT2D eigenvalue weighted by Crippen LogP contribution is -2.10. The third kappa shape index (κ3) is 2.28. The molecule has 0 saturated heterocycles. The number of thiophene rings is 1. The van der Waals surface area contributed by atoms with Crippen LogP contribution in [0.15, 0.2) is 17.5 Å². The average Bonchev–Trinajstić information content (AvgIpc) is 2.35. The molecule has 1 unspecified atom stereocenters. The van der Waals surface area contributed by atoms with E-state index in [1.165, 1.54) is 11.3 Å². The molecule has 1 aromatic heterocycles.